The van der Waals surface area contributed by atoms with E-state index in [4.69, 9.17) is 5.73 Å². The summed E-state index contributed by atoms with van der Waals surface area (Å²) in [5.74, 6) is 0. The first kappa shape index (κ1) is 12.9. The third-order valence-corrected chi connectivity index (χ3v) is 3.94. The Hall–Kier alpha value is -1.53. The van der Waals surface area contributed by atoms with Crippen LogP contribution in [0.3, 0.4) is 0 Å². The summed E-state index contributed by atoms with van der Waals surface area (Å²) in [6.45, 7) is 2.02. The highest BCUT2D eigenvalue weighted by atomic mass is 15.1. The molecule has 2 N–H and O–H groups in total. The van der Waals surface area contributed by atoms with Gasteiger partial charge >= 0.3 is 0 Å². The zero-order valence-electron chi connectivity index (χ0n) is 11.2. The molecule has 1 saturated carbocycles. The summed E-state index contributed by atoms with van der Waals surface area (Å²) in [6, 6.07) is 9.26. The van der Waals surface area contributed by atoms with Crippen LogP contribution in [0.25, 0.3) is 0 Å². The maximum absolute atomic E-state index is 9.24. The van der Waals surface area contributed by atoms with Crippen molar-refractivity contribution >= 4 is 5.69 Å². The van der Waals surface area contributed by atoms with Crippen molar-refractivity contribution in [2.45, 2.75) is 44.7 Å². The fraction of sp³-hybridized carbons (Fsp3) is 0.533. The van der Waals surface area contributed by atoms with Gasteiger partial charge in [-0.15, -0.1) is 0 Å². The first-order valence-electron chi connectivity index (χ1n) is 6.61. The summed E-state index contributed by atoms with van der Waals surface area (Å²) in [6.07, 6.45) is 4.42. The van der Waals surface area contributed by atoms with Crippen molar-refractivity contribution < 1.29 is 0 Å². The van der Waals surface area contributed by atoms with Gasteiger partial charge in [0.2, 0.25) is 0 Å². The minimum Gasteiger partial charge on any atom is -0.371 e. The van der Waals surface area contributed by atoms with Gasteiger partial charge in [0.05, 0.1) is 11.3 Å². The second-order valence-electron chi connectivity index (χ2n) is 5.31. The third-order valence-electron chi connectivity index (χ3n) is 3.94. The molecule has 1 aromatic carbocycles. The van der Waals surface area contributed by atoms with Crippen LogP contribution in [0.15, 0.2) is 18.2 Å². The lowest BCUT2D eigenvalue weighted by Crippen LogP contribution is -2.39. The first-order valence-corrected chi connectivity index (χ1v) is 6.61. The SMILES string of the molecule is Cc1ccc(N(C)C2CCC(N)CC2)c(C#N)c1. The van der Waals surface area contributed by atoms with Crippen LogP contribution in [-0.2, 0) is 0 Å². The highest BCUT2D eigenvalue weighted by molar-refractivity contribution is 5.60. The van der Waals surface area contributed by atoms with Gasteiger partial charge < -0.3 is 10.6 Å². The zero-order valence-corrected chi connectivity index (χ0v) is 11.2. The van der Waals surface area contributed by atoms with Gasteiger partial charge in [-0.1, -0.05) is 6.07 Å². The maximum Gasteiger partial charge on any atom is 0.101 e. The van der Waals surface area contributed by atoms with Gasteiger partial charge in [0.15, 0.2) is 0 Å². The number of nitrogens with zero attached hydrogens (tertiary/aromatic N) is 2. The van der Waals surface area contributed by atoms with E-state index in [2.05, 4.69) is 30.1 Å². The van der Waals surface area contributed by atoms with Gasteiger partial charge in [0.25, 0.3) is 0 Å². The van der Waals surface area contributed by atoms with Crippen LogP contribution < -0.4 is 10.6 Å². The molecule has 0 aliphatic heterocycles. The number of benzene rings is 1. The Kier molecular flexibility index (Phi) is 3.88. The largest absolute Gasteiger partial charge is 0.371 e. The lowest BCUT2D eigenvalue weighted by atomic mass is 9.90. The molecule has 18 heavy (non-hydrogen) atoms. The summed E-state index contributed by atoms with van der Waals surface area (Å²) in [5.41, 5.74) is 8.89. The molecule has 1 aromatic rings. The topological polar surface area (TPSA) is 53.0 Å². The van der Waals surface area contributed by atoms with Gasteiger partial charge in [-0.2, -0.15) is 5.26 Å². The van der Waals surface area contributed by atoms with E-state index >= 15 is 0 Å². The lowest BCUT2D eigenvalue weighted by Gasteiger charge is -2.35. The Morgan fingerprint density at radius 1 is 1.28 bits per heavy atom. The van der Waals surface area contributed by atoms with E-state index in [0.717, 1.165) is 42.5 Å². The Morgan fingerprint density at radius 3 is 2.56 bits per heavy atom. The van der Waals surface area contributed by atoms with Crippen molar-refractivity contribution in [2.75, 3.05) is 11.9 Å². The van der Waals surface area contributed by atoms with Crippen LogP contribution in [-0.4, -0.2) is 19.1 Å². The minimum absolute atomic E-state index is 0.364. The monoisotopic (exact) mass is 243 g/mol. The number of aryl methyl sites for hydroxylation is 1. The number of hydrogen-bond donors (Lipinski definition) is 1. The molecule has 2 rings (SSSR count). The fourth-order valence-electron chi connectivity index (χ4n) is 2.73. The molecule has 3 heteroatoms. The van der Waals surface area contributed by atoms with Crippen molar-refractivity contribution in [1.82, 2.24) is 0 Å². The van der Waals surface area contributed by atoms with E-state index in [1.165, 1.54) is 0 Å². The smallest absolute Gasteiger partial charge is 0.101 e. The summed E-state index contributed by atoms with van der Waals surface area (Å²) in [7, 11) is 2.09. The van der Waals surface area contributed by atoms with Crippen molar-refractivity contribution in [3.63, 3.8) is 0 Å². The molecular formula is C15H21N3. The number of rotatable bonds is 2. The molecule has 0 spiro atoms. The predicted molar refractivity (Wildman–Crippen MR) is 74.5 cm³/mol. The molecule has 0 radical (unpaired) electrons. The Balaban J connectivity index is 2.18. The van der Waals surface area contributed by atoms with Crippen molar-refractivity contribution in [2.24, 2.45) is 5.73 Å². The molecule has 1 aliphatic rings. The quantitative estimate of drug-likeness (QED) is 0.868. The van der Waals surface area contributed by atoms with Crippen molar-refractivity contribution in [3.05, 3.63) is 29.3 Å². The minimum atomic E-state index is 0.364. The third kappa shape index (κ3) is 2.65. The Morgan fingerprint density at radius 2 is 1.94 bits per heavy atom. The van der Waals surface area contributed by atoms with Crippen LogP contribution in [0, 0.1) is 18.3 Å². The van der Waals surface area contributed by atoms with Gasteiger partial charge in [0, 0.05) is 19.1 Å². The van der Waals surface area contributed by atoms with Crippen LogP contribution in [0.5, 0.6) is 0 Å². The fourth-order valence-corrected chi connectivity index (χ4v) is 2.73. The lowest BCUT2D eigenvalue weighted by molar-refractivity contribution is 0.385. The number of hydrogen-bond acceptors (Lipinski definition) is 3. The summed E-state index contributed by atoms with van der Waals surface area (Å²) in [5, 5.41) is 9.24. The molecule has 0 atom stereocenters. The molecule has 0 saturated heterocycles. The average molecular weight is 243 g/mol. The molecule has 0 amide bonds. The highest BCUT2D eigenvalue weighted by Crippen LogP contribution is 2.28. The summed E-state index contributed by atoms with van der Waals surface area (Å²) >= 11 is 0. The number of nitriles is 1. The summed E-state index contributed by atoms with van der Waals surface area (Å²) in [4.78, 5) is 2.25. The second-order valence-corrected chi connectivity index (χ2v) is 5.31. The van der Waals surface area contributed by atoms with Crippen molar-refractivity contribution in [1.29, 1.82) is 5.26 Å². The molecule has 0 bridgehead atoms. The van der Waals surface area contributed by atoms with E-state index in [1.807, 2.05) is 13.0 Å². The molecule has 3 nitrogen and oxygen atoms in total. The normalized spacial score (nSPS) is 23.4. The Bertz CT molecular complexity index is 453. The predicted octanol–water partition coefficient (Wildman–Crippen LogP) is 2.57. The first-order chi connectivity index (χ1) is 8.61. The van der Waals surface area contributed by atoms with Gasteiger partial charge in [-0.05, 0) is 50.3 Å². The van der Waals surface area contributed by atoms with Crippen LogP contribution >= 0.6 is 0 Å². The van der Waals surface area contributed by atoms with E-state index in [-0.39, 0.29) is 0 Å². The van der Waals surface area contributed by atoms with E-state index in [0.29, 0.717) is 12.1 Å². The molecule has 0 unspecified atom stereocenters. The van der Waals surface area contributed by atoms with Crippen LogP contribution in [0.4, 0.5) is 5.69 Å². The van der Waals surface area contributed by atoms with E-state index in [1.54, 1.807) is 0 Å². The van der Waals surface area contributed by atoms with E-state index < -0.39 is 0 Å². The van der Waals surface area contributed by atoms with Crippen LogP contribution in [0.2, 0.25) is 0 Å². The highest BCUT2D eigenvalue weighted by Gasteiger charge is 2.23. The van der Waals surface area contributed by atoms with Crippen molar-refractivity contribution in [3.8, 4) is 6.07 Å². The van der Waals surface area contributed by atoms with E-state index in [9.17, 15) is 5.26 Å². The molecule has 96 valence electrons. The van der Waals surface area contributed by atoms with Gasteiger partial charge in [0.1, 0.15) is 6.07 Å². The standard InChI is InChI=1S/C15H21N3/c1-11-3-8-15(12(9-11)10-16)18(2)14-6-4-13(17)5-7-14/h3,8-9,13-14H,4-7,17H2,1-2H3. The second kappa shape index (κ2) is 5.41. The summed E-state index contributed by atoms with van der Waals surface area (Å²) < 4.78 is 0. The van der Waals surface area contributed by atoms with Gasteiger partial charge in [-0.25, -0.2) is 0 Å². The molecule has 0 heterocycles. The Labute approximate surface area is 109 Å². The number of nitrogens with two attached hydrogens (primary N) is 1. The molecular weight excluding hydrogens is 222 g/mol. The molecule has 1 aliphatic carbocycles. The zero-order chi connectivity index (χ0) is 13.1. The number of anilines is 1. The average Bonchev–Trinajstić information content (AvgIpc) is 2.38. The maximum atomic E-state index is 9.24. The molecule has 1 fully saturated rings. The van der Waals surface area contributed by atoms with Gasteiger partial charge in [-0.3, -0.25) is 0 Å². The van der Waals surface area contributed by atoms with Crippen LogP contribution in [0.1, 0.15) is 36.8 Å². The molecule has 0 aromatic heterocycles.